The molecule has 0 fully saturated rings. The standard InChI is InChI=1S/C18H18N2O5S/c1-2-9-20-26(22,23)15-6-4-14(5-7-15)18(21)19-11-13-3-8-16-17(10-13)25-12-24-16/h2-8,10,20H,1,9,11-12H2,(H,19,21). The highest BCUT2D eigenvalue weighted by Gasteiger charge is 2.15. The second-order valence-corrected chi connectivity index (χ2v) is 7.30. The maximum Gasteiger partial charge on any atom is 0.251 e. The van der Waals surface area contributed by atoms with Crippen LogP contribution in [-0.4, -0.2) is 27.7 Å². The maximum atomic E-state index is 12.2. The number of nitrogens with one attached hydrogen (secondary N) is 2. The average molecular weight is 374 g/mol. The van der Waals surface area contributed by atoms with E-state index in [0.29, 0.717) is 23.6 Å². The SMILES string of the molecule is C=CCNS(=O)(=O)c1ccc(C(=O)NCc2ccc3c(c2)OCO3)cc1. The second kappa shape index (κ2) is 7.59. The Labute approximate surface area is 151 Å². The Morgan fingerprint density at radius 2 is 1.85 bits per heavy atom. The van der Waals surface area contributed by atoms with Crippen LogP contribution in [-0.2, 0) is 16.6 Å². The molecule has 1 aliphatic rings. The number of ether oxygens (including phenoxy) is 2. The van der Waals surface area contributed by atoms with Crippen molar-refractivity contribution in [1.29, 1.82) is 0 Å². The molecule has 2 aromatic carbocycles. The van der Waals surface area contributed by atoms with Crippen molar-refractivity contribution < 1.29 is 22.7 Å². The van der Waals surface area contributed by atoms with E-state index in [1.165, 1.54) is 30.3 Å². The lowest BCUT2D eigenvalue weighted by molar-refractivity contribution is 0.0950. The molecule has 0 bridgehead atoms. The van der Waals surface area contributed by atoms with Crippen molar-refractivity contribution in [3.8, 4) is 11.5 Å². The van der Waals surface area contributed by atoms with E-state index in [1.807, 2.05) is 12.1 Å². The largest absolute Gasteiger partial charge is 0.454 e. The molecule has 0 spiro atoms. The van der Waals surface area contributed by atoms with Crippen LogP contribution >= 0.6 is 0 Å². The van der Waals surface area contributed by atoms with E-state index in [1.54, 1.807) is 6.07 Å². The zero-order chi connectivity index (χ0) is 18.6. The van der Waals surface area contributed by atoms with Crippen LogP contribution in [0.1, 0.15) is 15.9 Å². The maximum absolute atomic E-state index is 12.2. The van der Waals surface area contributed by atoms with Crippen LogP contribution < -0.4 is 19.5 Å². The van der Waals surface area contributed by atoms with E-state index >= 15 is 0 Å². The summed E-state index contributed by atoms with van der Waals surface area (Å²) in [7, 11) is -3.60. The summed E-state index contributed by atoms with van der Waals surface area (Å²) in [6.07, 6.45) is 1.45. The monoisotopic (exact) mass is 374 g/mol. The highest BCUT2D eigenvalue weighted by atomic mass is 32.2. The van der Waals surface area contributed by atoms with Crippen LogP contribution in [0.15, 0.2) is 60.0 Å². The quantitative estimate of drug-likeness (QED) is 0.721. The van der Waals surface area contributed by atoms with E-state index < -0.39 is 10.0 Å². The van der Waals surface area contributed by atoms with Gasteiger partial charge in [0.2, 0.25) is 16.8 Å². The van der Waals surface area contributed by atoms with Crippen molar-refractivity contribution in [3.63, 3.8) is 0 Å². The van der Waals surface area contributed by atoms with E-state index in [4.69, 9.17) is 9.47 Å². The molecule has 0 unspecified atom stereocenters. The summed E-state index contributed by atoms with van der Waals surface area (Å²) in [6.45, 7) is 4.12. The number of carbonyl (C=O) groups is 1. The first-order valence-electron chi connectivity index (χ1n) is 7.87. The van der Waals surface area contributed by atoms with E-state index in [0.717, 1.165) is 5.56 Å². The van der Waals surface area contributed by atoms with Crippen molar-refractivity contribution in [1.82, 2.24) is 10.0 Å². The minimum Gasteiger partial charge on any atom is -0.454 e. The highest BCUT2D eigenvalue weighted by Crippen LogP contribution is 2.32. The van der Waals surface area contributed by atoms with Gasteiger partial charge in [-0.1, -0.05) is 12.1 Å². The minimum absolute atomic E-state index is 0.0895. The topological polar surface area (TPSA) is 93.7 Å². The summed E-state index contributed by atoms with van der Waals surface area (Å²) >= 11 is 0. The fourth-order valence-corrected chi connectivity index (χ4v) is 3.37. The Kier molecular flexibility index (Phi) is 5.24. The molecular formula is C18H18N2O5S. The summed E-state index contributed by atoms with van der Waals surface area (Å²) in [4.78, 5) is 12.3. The van der Waals surface area contributed by atoms with Crippen molar-refractivity contribution >= 4 is 15.9 Å². The Bertz CT molecular complexity index is 923. The number of sulfonamides is 1. The number of amides is 1. The smallest absolute Gasteiger partial charge is 0.251 e. The molecule has 0 radical (unpaired) electrons. The third-order valence-electron chi connectivity index (χ3n) is 3.73. The summed E-state index contributed by atoms with van der Waals surface area (Å²) in [5.41, 5.74) is 1.24. The zero-order valence-corrected chi connectivity index (χ0v) is 14.7. The Morgan fingerprint density at radius 1 is 1.12 bits per heavy atom. The zero-order valence-electron chi connectivity index (χ0n) is 13.9. The van der Waals surface area contributed by atoms with Gasteiger partial charge < -0.3 is 14.8 Å². The van der Waals surface area contributed by atoms with Gasteiger partial charge in [-0.15, -0.1) is 6.58 Å². The van der Waals surface area contributed by atoms with Crippen molar-refractivity contribution in [2.75, 3.05) is 13.3 Å². The minimum atomic E-state index is -3.60. The fourth-order valence-electron chi connectivity index (χ4n) is 2.37. The van der Waals surface area contributed by atoms with Gasteiger partial charge in [-0.3, -0.25) is 4.79 Å². The number of benzene rings is 2. The lowest BCUT2D eigenvalue weighted by Crippen LogP contribution is -2.24. The van der Waals surface area contributed by atoms with Gasteiger partial charge in [0.05, 0.1) is 4.90 Å². The second-order valence-electron chi connectivity index (χ2n) is 5.54. The summed E-state index contributed by atoms with van der Waals surface area (Å²) < 4.78 is 36.9. The van der Waals surface area contributed by atoms with Gasteiger partial charge >= 0.3 is 0 Å². The number of hydrogen-bond donors (Lipinski definition) is 2. The van der Waals surface area contributed by atoms with Crippen molar-refractivity contribution in [3.05, 3.63) is 66.2 Å². The summed E-state index contributed by atoms with van der Waals surface area (Å²) in [5, 5.41) is 2.79. The van der Waals surface area contributed by atoms with Crippen LogP contribution in [0.2, 0.25) is 0 Å². The fraction of sp³-hybridized carbons (Fsp3) is 0.167. The molecule has 26 heavy (non-hydrogen) atoms. The predicted molar refractivity (Wildman–Crippen MR) is 95.6 cm³/mol. The third kappa shape index (κ3) is 4.04. The molecule has 0 saturated heterocycles. The number of rotatable bonds is 7. The Balaban J connectivity index is 1.62. The van der Waals surface area contributed by atoms with Gasteiger partial charge in [-0.05, 0) is 42.0 Å². The average Bonchev–Trinajstić information content (AvgIpc) is 3.12. The molecule has 2 N–H and O–H groups in total. The molecule has 136 valence electrons. The molecule has 0 aromatic heterocycles. The number of hydrogen-bond acceptors (Lipinski definition) is 5. The summed E-state index contributed by atoms with van der Waals surface area (Å²) in [6, 6.07) is 11.2. The lowest BCUT2D eigenvalue weighted by atomic mass is 10.2. The normalized spacial score (nSPS) is 12.6. The first-order chi connectivity index (χ1) is 12.5. The molecule has 2 aromatic rings. The van der Waals surface area contributed by atoms with Gasteiger partial charge in [0.1, 0.15) is 0 Å². The molecule has 1 aliphatic heterocycles. The predicted octanol–water partition coefficient (Wildman–Crippen LogP) is 1.81. The van der Waals surface area contributed by atoms with E-state index in [9.17, 15) is 13.2 Å². The van der Waals surface area contributed by atoms with Gasteiger partial charge in [-0.2, -0.15) is 0 Å². The third-order valence-corrected chi connectivity index (χ3v) is 5.17. The molecule has 0 aliphatic carbocycles. The van der Waals surface area contributed by atoms with Crippen LogP contribution in [0.5, 0.6) is 11.5 Å². The van der Waals surface area contributed by atoms with Crippen LogP contribution in [0.3, 0.4) is 0 Å². The number of carbonyl (C=O) groups excluding carboxylic acids is 1. The molecule has 0 saturated carbocycles. The first-order valence-corrected chi connectivity index (χ1v) is 9.35. The van der Waals surface area contributed by atoms with E-state index in [-0.39, 0.29) is 24.1 Å². The highest BCUT2D eigenvalue weighted by molar-refractivity contribution is 7.89. The molecule has 1 amide bonds. The molecule has 7 nitrogen and oxygen atoms in total. The van der Waals surface area contributed by atoms with Gasteiger partial charge in [0.15, 0.2) is 11.5 Å². The molecule has 0 atom stereocenters. The molecular weight excluding hydrogens is 356 g/mol. The van der Waals surface area contributed by atoms with Crippen molar-refractivity contribution in [2.24, 2.45) is 0 Å². The van der Waals surface area contributed by atoms with Gasteiger partial charge in [0.25, 0.3) is 5.91 Å². The van der Waals surface area contributed by atoms with Gasteiger partial charge in [0, 0.05) is 18.7 Å². The van der Waals surface area contributed by atoms with Crippen LogP contribution in [0, 0.1) is 0 Å². The molecule has 8 heteroatoms. The van der Waals surface area contributed by atoms with E-state index in [2.05, 4.69) is 16.6 Å². The van der Waals surface area contributed by atoms with Crippen molar-refractivity contribution in [2.45, 2.75) is 11.4 Å². The molecule has 3 rings (SSSR count). The van der Waals surface area contributed by atoms with Crippen LogP contribution in [0.25, 0.3) is 0 Å². The Hall–Kier alpha value is -2.84. The number of fused-ring (bicyclic) bond motifs is 1. The summed E-state index contributed by atoms with van der Waals surface area (Å²) in [5.74, 6) is 1.03. The first kappa shape index (κ1) is 18.0. The molecule has 1 heterocycles. The van der Waals surface area contributed by atoms with Gasteiger partial charge in [-0.25, -0.2) is 13.1 Å². The van der Waals surface area contributed by atoms with Crippen LogP contribution in [0.4, 0.5) is 0 Å². The lowest BCUT2D eigenvalue weighted by Gasteiger charge is -2.08. The Morgan fingerprint density at radius 3 is 2.58 bits per heavy atom.